The number of benzene rings is 1. The summed E-state index contributed by atoms with van der Waals surface area (Å²) in [4.78, 5) is 0. The van der Waals surface area contributed by atoms with Gasteiger partial charge in [0.15, 0.2) is 0 Å². The fraction of sp³-hybridized carbons (Fsp3) is 0.625. The molecule has 0 saturated heterocycles. The summed E-state index contributed by atoms with van der Waals surface area (Å²) in [6, 6.07) is 3.71. The molecule has 1 unspecified atom stereocenters. The number of hydrogen-bond acceptors (Lipinski definition) is 2. The maximum Gasteiger partial charge on any atom is 0.122 e. The van der Waals surface area contributed by atoms with Gasteiger partial charge in [0, 0.05) is 17.2 Å². The fourth-order valence-corrected chi connectivity index (χ4v) is 3.06. The van der Waals surface area contributed by atoms with Gasteiger partial charge in [-0.2, -0.15) is 0 Å². The molecule has 4 heteroatoms. The van der Waals surface area contributed by atoms with Gasteiger partial charge in [0.1, 0.15) is 12.4 Å². The summed E-state index contributed by atoms with van der Waals surface area (Å²) in [6.07, 6.45) is 4.54. The van der Waals surface area contributed by atoms with Crippen LogP contribution >= 0.6 is 23.2 Å². The molecule has 2 nitrogen and oxygen atoms in total. The maximum atomic E-state index is 6.40. The summed E-state index contributed by atoms with van der Waals surface area (Å²) < 4.78 is 10.5. The molecule has 0 aliphatic rings. The Morgan fingerprint density at radius 2 is 1.75 bits per heavy atom. The zero-order valence-corrected chi connectivity index (χ0v) is 14.1. The lowest BCUT2D eigenvalue weighted by Gasteiger charge is -2.19. The molecule has 1 aromatic carbocycles. The first-order valence-electron chi connectivity index (χ1n) is 7.24. The van der Waals surface area contributed by atoms with Crippen LogP contribution in [0.1, 0.15) is 51.0 Å². The Morgan fingerprint density at radius 1 is 1.10 bits per heavy atom. The molecule has 20 heavy (non-hydrogen) atoms. The molecule has 0 aliphatic carbocycles. The largest absolute Gasteiger partial charge is 0.491 e. The highest BCUT2D eigenvalue weighted by molar-refractivity contribution is 6.36. The van der Waals surface area contributed by atoms with Crippen molar-refractivity contribution >= 4 is 23.2 Å². The smallest absolute Gasteiger partial charge is 0.122 e. The number of unbranched alkanes of at least 4 members (excludes halogenated alkanes) is 1. The molecule has 1 rings (SSSR count). The molecule has 0 bridgehead atoms. The quantitative estimate of drug-likeness (QED) is 0.543. The van der Waals surface area contributed by atoms with Crippen LogP contribution in [0.5, 0.6) is 5.75 Å². The first kappa shape index (κ1) is 17.6. The monoisotopic (exact) mass is 318 g/mol. The average molecular weight is 319 g/mol. The van der Waals surface area contributed by atoms with E-state index in [1.54, 1.807) is 7.11 Å². The second kappa shape index (κ2) is 9.49. The molecule has 0 saturated carbocycles. The normalized spacial score (nSPS) is 12.4. The highest BCUT2D eigenvalue weighted by Gasteiger charge is 2.17. The van der Waals surface area contributed by atoms with Gasteiger partial charge in [0.05, 0.1) is 6.61 Å². The Morgan fingerprint density at radius 3 is 2.25 bits per heavy atom. The van der Waals surface area contributed by atoms with Gasteiger partial charge in [-0.3, -0.25) is 0 Å². The molecule has 1 aromatic rings. The van der Waals surface area contributed by atoms with Gasteiger partial charge in [-0.15, -0.1) is 0 Å². The third kappa shape index (κ3) is 5.16. The van der Waals surface area contributed by atoms with E-state index in [1.807, 2.05) is 12.1 Å². The molecule has 1 atom stereocenters. The van der Waals surface area contributed by atoms with E-state index in [-0.39, 0.29) is 0 Å². The van der Waals surface area contributed by atoms with Gasteiger partial charge in [0.2, 0.25) is 0 Å². The van der Waals surface area contributed by atoms with Gasteiger partial charge >= 0.3 is 0 Å². The van der Waals surface area contributed by atoms with Crippen LogP contribution in [0.15, 0.2) is 12.1 Å². The van der Waals surface area contributed by atoms with Gasteiger partial charge < -0.3 is 9.47 Å². The van der Waals surface area contributed by atoms with E-state index < -0.39 is 0 Å². The van der Waals surface area contributed by atoms with Crippen LogP contribution in [-0.4, -0.2) is 20.3 Å². The minimum atomic E-state index is 0.419. The predicted octanol–water partition coefficient (Wildman–Crippen LogP) is 5.70. The van der Waals surface area contributed by atoms with Crippen molar-refractivity contribution in [3.63, 3.8) is 0 Å². The van der Waals surface area contributed by atoms with E-state index in [9.17, 15) is 0 Å². The lowest BCUT2D eigenvalue weighted by Crippen LogP contribution is -2.05. The van der Waals surface area contributed by atoms with E-state index in [0.29, 0.717) is 34.9 Å². The van der Waals surface area contributed by atoms with Crippen molar-refractivity contribution in [3.8, 4) is 5.75 Å². The zero-order valence-electron chi connectivity index (χ0n) is 12.5. The molecular formula is C16H24Cl2O2. The van der Waals surface area contributed by atoms with Crippen molar-refractivity contribution in [1.82, 2.24) is 0 Å². The number of rotatable bonds is 9. The Hall–Kier alpha value is -0.440. The van der Waals surface area contributed by atoms with E-state index >= 15 is 0 Å². The van der Waals surface area contributed by atoms with E-state index in [2.05, 4.69) is 13.8 Å². The second-order valence-electron chi connectivity index (χ2n) is 4.89. The van der Waals surface area contributed by atoms with Gasteiger partial charge in [-0.25, -0.2) is 0 Å². The van der Waals surface area contributed by atoms with Crippen LogP contribution in [0.25, 0.3) is 0 Å². The molecule has 0 heterocycles. The summed E-state index contributed by atoms with van der Waals surface area (Å²) in [7, 11) is 1.64. The van der Waals surface area contributed by atoms with Crippen LogP contribution in [0.4, 0.5) is 0 Å². The second-order valence-corrected chi connectivity index (χ2v) is 5.70. The van der Waals surface area contributed by atoms with Gasteiger partial charge in [-0.1, -0.05) is 49.9 Å². The lowest BCUT2D eigenvalue weighted by atomic mass is 9.91. The molecule has 0 N–H and O–H groups in total. The Balaban J connectivity index is 2.86. The molecule has 0 spiro atoms. The highest BCUT2D eigenvalue weighted by Crippen LogP contribution is 2.39. The standard InChI is InChI=1S/C16H24Cl2O2/c1-4-6-7-12(5-2)16-14(17)10-13(11-15(16)18)20-9-8-19-3/h10-12H,4-9H2,1-3H3. The number of methoxy groups -OCH3 is 1. The molecule has 0 amide bonds. The molecule has 0 aliphatic heterocycles. The van der Waals surface area contributed by atoms with Crippen molar-refractivity contribution in [1.29, 1.82) is 0 Å². The molecule has 114 valence electrons. The molecule has 0 radical (unpaired) electrons. The molecule has 0 fully saturated rings. The SMILES string of the molecule is CCCCC(CC)c1c(Cl)cc(OCCOC)cc1Cl. The summed E-state index contributed by atoms with van der Waals surface area (Å²) in [5.41, 5.74) is 1.06. The Labute approximate surface area is 132 Å². The number of ether oxygens (including phenoxy) is 2. The minimum absolute atomic E-state index is 0.419. The Kier molecular flexibility index (Phi) is 8.35. The topological polar surface area (TPSA) is 18.5 Å². The third-order valence-electron chi connectivity index (χ3n) is 3.42. The molecular weight excluding hydrogens is 295 g/mol. The summed E-state index contributed by atoms with van der Waals surface area (Å²) in [5.74, 6) is 1.12. The van der Waals surface area contributed by atoms with Crippen LogP contribution in [0, 0.1) is 0 Å². The highest BCUT2D eigenvalue weighted by atomic mass is 35.5. The number of hydrogen-bond donors (Lipinski definition) is 0. The lowest BCUT2D eigenvalue weighted by molar-refractivity contribution is 0.146. The summed E-state index contributed by atoms with van der Waals surface area (Å²) >= 11 is 12.8. The third-order valence-corrected chi connectivity index (χ3v) is 4.04. The molecule has 0 aromatic heterocycles. The van der Waals surface area contributed by atoms with Crippen molar-refractivity contribution in [3.05, 3.63) is 27.7 Å². The Bertz CT molecular complexity index is 384. The zero-order chi connectivity index (χ0) is 15.0. The van der Waals surface area contributed by atoms with Crippen LogP contribution < -0.4 is 4.74 Å². The van der Waals surface area contributed by atoms with Crippen LogP contribution in [0.3, 0.4) is 0 Å². The fourth-order valence-electron chi connectivity index (χ4n) is 2.28. The maximum absolute atomic E-state index is 6.40. The van der Waals surface area contributed by atoms with Gasteiger partial charge in [-0.05, 0) is 36.5 Å². The van der Waals surface area contributed by atoms with E-state index in [4.69, 9.17) is 32.7 Å². The number of halogens is 2. The minimum Gasteiger partial charge on any atom is -0.491 e. The predicted molar refractivity (Wildman–Crippen MR) is 86.4 cm³/mol. The average Bonchev–Trinajstić information content (AvgIpc) is 2.42. The first-order valence-corrected chi connectivity index (χ1v) is 8.00. The van der Waals surface area contributed by atoms with E-state index in [1.165, 1.54) is 12.8 Å². The van der Waals surface area contributed by atoms with Crippen LogP contribution in [-0.2, 0) is 4.74 Å². The first-order chi connectivity index (χ1) is 9.63. The summed E-state index contributed by atoms with van der Waals surface area (Å²) in [6.45, 7) is 5.42. The van der Waals surface area contributed by atoms with Crippen LogP contribution in [0.2, 0.25) is 10.0 Å². The van der Waals surface area contributed by atoms with Crippen molar-refractivity contribution < 1.29 is 9.47 Å². The van der Waals surface area contributed by atoms with Gasteiger partial charge in [0.25, 0.3) is 0 Å². The van der Waals surface area contributed by atoms with E-state index in [0.717, 1.165) is 18.4 Å². The van der Waals surface area contributed by atoms with Crippen molar-refractivity contribution in [2.45, 2.75) is 45.4 Å². The summed E-state index contributed by atoms with van der Waals surface area (Å²) in [5, 5.41) is 1.40. The van der Waals surface area contributed by atoms with Crippen molar-refractivity contribution in [2.75, 3.05) is 20.3 Å². The van der Waals surface area contributed by atoms with Crippen molar-refractivity contribution in [2.24, 2.45) is 0 Å².